The second-order valence-electron chi connectivity index (χ2n) is 24.9. The molecule has 0 heterocycles. The number of benzene rings is 1. The second-order valence-corrected chi connectivity index (χ2v) is 25.9. The summed E-state index contributed by atoms with van der Waals surface area (Å²) >= 11 is 1.22. The summed E-state index contributed by atoms with van der Waals surface area (Å²) < 4.78 is 0. The molecule has 0 aliphatic heterocycles. The first kappa shape index (κ1) is 94.0. The zero-order chi connectivity index (χ0) is 81.4. The molecule has 0 fully saturated rings. The lowest BCUT2D eigenvalue weighted by molar-refractivity contribution is -0.144. The van der Waals surface area contributed by atoms with Crippen LogP contribution >= 0.6 is 11.8 Å². The first-order chi connectivity index (χ1) is 50.1. The fraction of sp³-hybridized carbons (Fsp3) is 0.609. The minimum Gasteiger partial charge on any atom is -0.508 e. The molecule has 14 atom stereocenters. The van der Waals surface area contributed by atoms with Crippen LogP contribution in [0.15, 0.2) is 29.3 Å². The van der Waals surface area contributed by atoms with E-state index in [0.29, 0.717) is 12.0 Å². The van der Waals surface area contributed by atoms with E-state index in [4.69, 9.17) is 33.1 Å². The minimum absolute atomic E-state index is 0.0244. The van der Waals surface area contributed by atoms with E-state index < -0.39 is 236 Å². The van der Waals surface area contributed by atoms with Gasteiger partial charge in [-0.1, -0.05) is 32.4 Å². The van der Waals surface area contributed by atoms with Crippen molar-refractivity contribution in [3.05, 3.63) is 29.8 Å². The topological polar surface area (TPSA) is 710 Å². The first-order valence-corrected chi connectivity index (χ1v) is 35.3. The van der Waals surface area contributed by atoms with Crippen molar-refractivity contribution >= 4 is 124 Å². The number of nitrogens with two attached hydrogens (primary N) is 4. The number of aliphatic carboxylic acids is 6. The van der Waals surface area contributed by atoms with Gasteiger partial charge in [-0.3, -0.25) is 86.5 Å². The Morgan fingerprint density at radius 2 is 0.785 bits per heavy atom. The van der Waals surface area contributed by atoms with Crippen molar-refractivity contribution in [1.29, 1.82) is 0 Å². The highest BCUT2D eigenvalue weighted by atomic mass is 32.2. The number of aromatic hydroxyl groups is 1. The number of phenols is 1. The third kappa shape index (κ3) is 37.5. The molecule has 0 saturated heterocycles. The Hall–Kier alpha value is -11.0. The SMILES string of the molecule is CC[C@H](C)[C@H](NC(=O)[C@H](CCC(=O)O)NC(=O)[C@H](CC(=O)O)NC(=O)[C@H](C)NC(=O)[C@H](C)NC(=O)[C@H](CCCN=C(N)N)NC(=O)[C@H](Cc1ccc(O)cc1)NC(=O)[C@H](CCSC)NC(=O)[C@H](CC(=O)O)NC(=O)[C@@H](N)CCC(=O)O)C(=O)N[C@@H](C)C(=O)N[C@@H](CCCCN)C(=O)N[C@@H](CCC(=O)O)C(=O)O. The highest BCUT2D eigenvalue weighted by molar-refractivity contribution is 7.98. The van der Waals surface area contributed by atoms with Crippen LogP contribution in [-0.2, 0) is 92.7 Å². The molecular weight excluding hydrogens is 1440 g/mol. The van der Waals surface area contributed by atoms with Gasteiger partial charge in [-0.05, 0) is 121 Å². The van der Waals surface area contributed by atoms with Crippen LogP contribution in [0.4, 0.5) is 0 Å². The van der Waals surface area contributed by atoms with Crippen LogP contribution in [0.1, 0.15) is 136 Å². The van der Waals surface area contributed by atoms with Gasteiger partial charge in [-0.25, -0.2) is 4.79 Å². The predicted molar refractivity (Wildman–Crippen MR) is 378 cm³/mol. The number of hydrogen-bond donors (Lipinski definition) is 23. The molecule has 0 spiro atoms. The van der Waals surface area contributed by atoms with Gasteiger partial charge in [0.05, 0.1) is 18.9 Å². The van der Waals surface area contributed by atoms with Gasteiger partial charge in [0.15, 0.2) is 5.96 Å². The van der Waals surface area contributed by atoms with Crippen LogP contribution in [0.25, 0.3) is 0 Å². The summed E-state index contributed by atoms with van der Waals surface area (Å²) in [5.74, 6) is -23.4. The standard InChI is InChI=1S/C64H101N17O25S/c1-7-30(2)50(62(104)72-33(5)52(94)73-37(11-8-9-24-65)56(98)77-41(63(105)106)19-22-47(87)88)81-58(100)39(18-21-46(85)86)75-60(102)43(28-48(89)90)78-53(95)32(4)70-51(93)31(3)71-55(97)38(12-10-25-69-64(67)68)74-59(101)42(27-34-13-15-35(82)16-14-34)80-57(99)40(23-26-107-6)76-61(103)44(29-49(91)92)79-54(96)36(66)17-20-45(83)84/h13-16,30-33,36-44,50,82H,7-12,17-29,65-66H2,1-6H3,(H,70,93)(H,71,97)(H,72,104)(H,73,94)(H,74,101)(H,75,102)(H,76,103)(H,77,98)(H,78,95)(H,79,96)(H,80,99)(H,81,100)(H,83,84)(H,85,86)(H,87,88)(H,89,90)(H,91,92)(H,105,106)(H4,67,68,69)/t30-,31-,32-,33-,36-,37-,38-,39-,40-,41-,42-,43-,44-,50-/m0/s1. The predicted octanol–water partition coefficient (Wildman–Crippen LogP) is -6.25. The zero-order valence-electron chi connectivity index (χ0n) is 60.0. The number of carboxylic acids is 6. The highest BCUT2D eigenvalue weighted by Gasteiger charge is 2.38. The minimum atomic E-state index is -2.07. The van der Waals surface area contributed by atoms with E-state index in [9.17, 15) is 112 Å². The summed E-state index contributed by atoms with van der Waals surface area (Å²) in [6, 6.07) is -16.1. The molecule has 42 nitrogen and oxygen atoms in total. The van der Waals surface area contributed by atoms with Crippen LogP contribution in [-0.4, -0.2) is 252 Å². The maximum Gasteiger partial charge on any atom is 0.326 e. The molecular formula is C64H101N17O25S. The van der Waals surface area contributed by atoms with E-state index in [-0.39, 0.29) is 81.9 Å². The average molecular weight is 1540 g/mol. The molecule has 0 aromatic heterocycles. The smallest absolute Gasteiger partial charge is 0.326 e. The molecule has 27 N–H and O–H groups in total. The molecule has 0 bridgehead atoms. The fourth-order valence-electron chi connectivity index (χ4n) is 9.70. The Morgan fingerprint density at radius 1 is 0.421 bits per heavy atom. The molecule has 1 rings (SSSR count). The van der Waals surface area contributed by atoms with Crippen LogP contribution in [0.5, 0.6) is 5.75 Å². The largest absolute Gasteiger partial charge is 0.508 e. The summed E-state index contributed by atoms with van der Waals surface area (Å²) in [5, 5.41) is 94.8. The molecule has 0 saturated carbocycles. The van der Waals surface area contributed by atoms with E-state index in [0.717, 1.165) is 13.8 Å². The number of unbranched alkanes of at least 4 members (excludes halogenated alkanes) is 1. The maximum absolute atomic E-state index is 14.5. The Labute approximate surface area is 618 Å². The van der Waals surface area contributed by atoms with E-state index in [1.54, 1.807) is 13.2 Å². The number of carbonyl (C=O) groups is 18. The number of nitrogens with zero attached hydrogens (tertiary/aromatic N) is 1. The molecule has 0 aliphatic carbocycles. The van der Waals surface area contributed by atoms with Crippen LogP contribution in [0.3, 0.4) is 0 Å². The van der Waals surface area contributed by atoms with Gasteiger partial charge in [0.25, 0.3) is 0 Å². The fourth-order valence-corrected chi connectivity index (χ4v) is 10.2. The van der Waals surface area contributed by atoms with Gasteiger partial charge >= 0.3 is 35.8 Å². The van der Waals surface area contributed by atoms with Crippen molar-refractivity contribution in [3.8, 4) is 5.75 Å². The molecule has 0 radical (unpaired) electrons. The first-order valence-electron chi connectivity index (χ1n) is 33.9. The lowest BCUT2D eigenvalue weighted by atomic mass is 9.97. The number of nitrogens with one attached hydrogen (secondary N) is 12. The number of amides is 12. The summed E-state index contributed by atoms with van der Waals surface area (Å²) in [7, 11) is 0. The van der Waals surface area contributed by atoms with Gasteiger partial charge in [0.1, 0.15) is 78.3 Å². The molecule has 0 aliphatic rings. The Kier molecular flexibility index (Phi) is 43.0. The molecule has 43 heteroatoms. The van der Waals surface area contributed by atoms with Crippen molar-refractivity contribution < 1.29 is 122 Å². The summed E-state index contributed by atoms with van der Waals surface area (Å²) in [4.78, 5) is 239. The number of rotatable bonds is 53. The van der Waals surface area contributed by atoms with E-state index in [2.05, 4.69) is 68.8 Å². The number of guanidine groups is 1. The van der Waals surface area contributed by atoms with Gasteiger partial charge < -0.3 is 122 Å². The van der Waals surface area contributed by atoms with Crippen LogP contribution in [0.2, 0.25) is 0 Å². The number of thioether (sulfide) groups is 1. The number of hydrogen-bond acceptors (Lipinski definition) is 23. The highest BCUT2D eigenvalue weighted by Crippen LogP contribution is 2.16. The molecule has 1 aromatic carbocycles. The Morgan fingerprint density at radius 3 is 1.24 bits per heavy atom. The summed E-state index contributed by atoms with van der Waals surface area (Å²) in [5.41, 5.74) is 22.7. The van der Waals surface area contributed by atoms with Crippen molar-refractivity contribution in [2.45, 2.75) is 216 Å². The monoisotopic (exact) mass is 1540 g/mol. The van der Waals surface area contributed by atoms with Gasteiger partial charge in [-0.2, -0.15) is 11.8 Å². The summed E-state index contributed by atoms with van der Waals surface area (Å²) in [6.45, 7) is 6.60. The number of carboxylic acid groups (broad SMARTS) is 6. The Bertz CT molecular complexity index is 3310. The number of aliphatic imine (C=N–C) groups is 1. The quantitative estimate of drug-likeness (QED) is 0.0164. The lowest BCUT2D eigenvalue weighted by Gasteiger charge is -2.29. The maximum atomic E-state index is 14.5. The molecule has 107 heavy (non-hydrogen) atoms. The molecule has 1 aromatic rings. The normalized spacial score (nSPS) is 14.8. The van der Waals surface area contributed by atoms with Crippen LogP contribution in [0, 0.1) is 5.92 Å². The number of phenolic OH excluding ortho intramolecular Hbond substituents is 1. The van der Waals surface area contributed by atoms with Gasteiger partial charge in [0.2, 0.25) is 70.9 Å². The van der Waals surface area contributed by atoms with Crippen molar-refractivity contribution in [2.75, 3.05) is 25.1 Å². The summed E-state index contributed by atoms with van der Waals surface area (Å²) in [6.07, 6.45) is -4.20. The number of carbonyl (C=O) groups excluding carboxylic acids is 12. The lowest BCUT2D eigenvalue weighted by Crippen LogP contribution is -2.61. The van der Waals surface area contributed by atoms with E-state index in [1.807, 2.05) is 0 Å². The third-order valence-corrected chi connectivity index (χ3v) is 16.7. The Balaban J connectivity index is 3.52. The van der Waals surface area contributed by atoms with Crippen molar-refractivity contribution in [2.24, 2.45) is 33.8 Å². The molecule has 598 valence electrons. The van der Waals surface area contributed by atoms with Crippen molar-refractivity contribution in [1.82, 2.24) is 63.8 Å². The second kappa shape index (κ2) is 48.9. The van der Waals surface area contributed by atoms with Gasteiger partial charge in [0, 0.05) is 32.2 Å². The third-order valence-electron chi connectivity index (χ3n) is 16.0. The average Bonchev–Trinajstić information content (AvgIpc) is 0.858. The van der Waals surface area contributed by atoms with Crippen molar-refractivity contribution in [3.63, 3.8) is 0 Å². The van der Waals surface area contributed by atoms with E-state index in [1.165, 1.54) is 49.9 Å². The van der Waals surface area contributed by atoms with Crippen LogP contribution < -0.4 is 86.7 Å². The molecule has 12 amide bonds. The zero-order valence-corrected chi connectivity index (χ0v) is 60.8. The molecule has 0 unspecified atom stereocenters. The van der Waals surface area contributed by atoms with Gasteiger partial charge in [-0.15, -0.1) is 0 Å². The van der Waals surface area contributed by atoms with E-state index >= 15 is 0 Å².